The number of ether oxygens (including phenoxy) is 1. The van der Waals surface area contributed by atoms with Crippen molar-refractivity contribution in [1.82, 2.24) is 0 Å². The summed E-state index contributed by atoms with van der Waals surface area (Å²) in [5.41, 5.74) is 4.23. The molecular formula is C22H29NO2. The number of nitriles is 1. The summed E-state index contributed by atoms with van der Waals surface area (Å²) in [6, 6.07) is 2.25. The highest BCUT2D eigenvalue weighted by atomic mass is 16.5. The van der Waals surface area contributed by atoms with Crippen LogP contribution in [-0.4, -0.2) is 0 Å². The van der Waals surface area contributed by atoms with Crippen molar-refractivity contribution in [3.63, 3.8) is 0 Å². The number of nitrogens with zero attached hydrogens (tertiary/aromatic N) is 1. The van der Waals surface area contributed by atoms with Crippen LogP contribution in [0.2, 0.25) is 0 Å². The maximum absolute atomic E-state index is 9.17. The Balaban J connectivity index is 2.68. The molecule has 1 unspecified atom stereocenters. The Labute approximate surface area is 151 Å². The van der Waals surface area contributed by atoms with Crippen LogP contribution in [0, 0.1) is 17.4 Å². The summed E-state index contributed by atoms with van der Waals surface area (Å²) in [6.45, 7) is 12.7. The zero-order valence-corrected chi connectivity index (χ0v) is 15.9. The molecule has 0 saturated heterocycles. The Morgan fingerprint density at radius 2 is 2.12 bits per heavy atom. The summed E-state index contributed by atoms with van der Waals surface area (Å²) in [5, 5.41) is 10.3. The van der Waals surface area contributed by atoms with Gasteiger partial charge in [0.1, 0.15) is 0 Å². The van der Waals surface area contributed by atoms with Crippen LogP contribution in [0.25, 0.3) is 11.0 Å². The lowest BCUT2D eigenvalue weighted by atomic mass is 9.90. The Morgan fingerprint density at radius 3 is 2.72 bits per heavy atom. The lowest BCUT2D eigenvalue weighted by molar-refractivity contribution is 0.484. The van der Waals surface area contributed by atoms with E-state index in [2.05, 4.69) is 40.3 Å². The van der Waals surface area contributed by atoms with Gasteiger partial charge < -0.3 is 9.15 Å². The minimum absolute atomic E-state index is 0.423. The van der Waals surface area contributed by atoms with Gasteiger partial charge >= 0.3 is 0 Å². The summed E-state index contributed by atoms with van der Waals surface area (Å²) >= 11 is 0. The highest BCUT2D eigenvalue weighted by Gasteiger charge is 2.22. The molecule has 0 bridgehead atoms. The van der Waals surface area contributed by atoms with E-state index in [0.717, 1.165) is 43.1 Å². The van der Waals surface area contributed by atoms with E-state index in [1.165, 1.54) is 11.1 Å². The molecule has 0 aliphatic heterocycles. The summed E-state index contributed by atoms with van der Waals surface area (Å²) < 4.78 is 11.3. The summed E-state index contributed by atoms with van der Waals surface area (Å²) in [7, 11) is 0. The average Bonchev–Trinajstić information content (AvgIpc) is 2.97. The van der Waals surface area contributed by atoms with Crippen LogP contribution in [0.4, 0.5) is 0 Å². The highest BCUT2D eigenvalue weighted by Crippen LogP contribution is 2.40. The number of benzene rings is 1. The van der Waals surface area contributed by atoms with Crippen molar-refractivity contribution in [2.75, 3.05) is 0 Å². The fraction of sp³-hybridized carbons (Fsp3) is 0.500. The first kappa shape index (κ1) is 19.1. The normalized spacial score (nSPS) is 12.3. The van der Waals surface area contributed by atoms with Gasteiger partial charge in [0.05, 0.1) is 6.26 Å². The number of hydrogen-bond acceptors (Lipinski definition) is 3. The summed E-state index contributed by atoms with van der Waals surface area (Å²) in [5.74, 6) is 1.54. The van der Waals surface area contributed by atoms with Gasteiger partial charge in [-0.25, -0.2) is 0 Å². The number of fused-ring (bicyclic) bond motifs is 1. The summed E-state index contributed by atoms with van der Waals surface area (Å²) in [4.78, 5) is 0. The molecule has 25 heavy (non-hydrogen) atoms. The van der Waals surface area contributed by atoms with Crippen molar-refractivity contribution in [1.29, 1.82) is 5.26 Å². The van der Waals surface area contributed by atoms with Crippen LogP contribution in [0.1, 0.15) is 69.6 Å². The fourth-order valence-electron chi connectivity index (χ4n) is 3.52. The first-order chi connectivity index (χ1) is 12.0. The van der Waals surface area contributed by atoms with E-state index in [1.54, 1.807) is 0 Å². The standard InChI is InChI=1S/C22H29NO2/c1-6-8-10-18-17(11-15(3)4)12-19-20(16(5)9-7-2)13-24-22(19)21(18)25-14-23/h6,12-13,15-16H,1,7-11H2,2-5H3. The Kier molecular flexibility index (Phi) is 6.70. The van der Waals surface area contributed by atoms with Gasteiger partial charge in [-0.3, -0.25) is 0 Å². The van der Waals surface area contributed by atoms with Crippen LogP contribution in [0.15, 0.2) is 29.4 Å². The van der Waals surface area contributed by atoms with Gasteiger partial charge in [0.15, 0.2) is 11.3 Å². The van der Waals surface area contributed by atoms with E-state index in [0.29, 0.717) is 23.2 Å². The molecule has 0 aliphatic carbocycles. The second kappa shape index (κ2) is 8.76. The predicted molar refractivity (Wildman–Crippen MR) is 103 cm³/mol. The molecular weight excluding hydrogens is 310 g/mol. The third-order valence-corrected chi connectivity index (χ3v) is 4.67. The first-order valence-corrected chi connectivity index (χ1v) is 9.26. The molecule has 0 aliphatic rings. The third kappa shape index (κ3) is 4.25. The fourth-order valence-corrected chi connectivity index (χ4v) is 3.52. The minimum atomic E-state index is 0.423. The lowest BCUT2D eigenvalue weighted by Gasteiger charge is -2.16. The van der Waals surface area contributed by atoms with E-state index in [4.69, 9.17) is 14.4 Å². The van der Waals surface area contributed by atoms with E-state index in [1.807, 2.05) is 18.6 Å². The van der Waals surface area contributed by atoms with Crippen molar-refractivity contribution in [3.05, 3.63) is 41.7 Å². The lowest BCUT2D eigenvalue weighted by Crippen LogP contribution is -2.03. The third-order valence-electron chi connectivity index (χ3n) is 4.67. The monoisotopic (exact) mass is 339 g/mol. The van der Waals surface area contributed by atoms with Gasteiger partial charge in [0.25, 0.3) is 6.26 Å². The van der Waals surface area contributed by atoms with E-state index in [-0.39, 0.29) is 0 Å². The summed E-state index contributed by atoms with van der Waals surface area (Å²) in [6.07, 6.45) is 10.4. The quantitative estimate of drug-likeness (QED) is 0.386. The van der Waals surface area contributed by atoms with Gasteiger partial charge in [0.2, 0.25) is 0 Å². The van der Waals surface area contributed by atoms with Crippen molar-refractivity contribution >= 4 is 11.0 Å². The highest BCUT2D eigenvalue weighted by molar-refractivity contribution is 5.89. The van der Waals surface area contributed by atoms with Gasteiger partial charge in [-0.05, 0) is 49.1 Å². The molecule has 0 fully saturated rings. The van der Waals surface area contributed by atoms with Gasteiger partial charge in [-0.1, -0.05) is 40.2 Å². The van der Waals surface area contributed by atoms with E-state index < -0.39 is 0 Å². The number of furan rings is 1. The molecule has 0 radical (unpaired) electrons. The van der Waals surface area contributed by atoms with E-state index in [9.17, 15) is 0 Å². The number of rotatable bonds is 9. The first-order valence-electron chi connectivity index (χ1n) is 9.26. The molecule has 1 atom stereocenters. The molecule has 134 valence electrons. The molecule has 3 heteroatoms. The SMILES string of the molecule is C=CCCc1c(CC(C)C)cc2c(C(C)CCC)coc2c1OC#N. The second-order valence-electron chi connectivity index (χ2n) is 7.22. The smallest absolute Gasteiger partial charge is 0.292 e. The molecule has 0 N–H and O–H groups in total. The molecule has 3 nitrogen and oxygen atoms in total. The van der Waals surface area contributed by atoms with Crippen molar-refractivity contribution in [2.24, 2.45) is 5.92 Å². The predicted octanol–water partition coefficient (Wildman–Crippen LogP) is 6.51. The van der Waals surface area contributed by atoms with Crippen molar-refractivity contribution in [2.45, 2.75) is 65.7 Å². The van der Waals surface area contributed by atoms with Crippen LogP contribution < -0.4 is 4.74 Å². The molecule has 0 saturated carbocycles. The maximum Gasteiger partial charge on any atom is 0.292 e. The largest absolute Gasteiger partial charge is 0.460 e. The zero-order valence-electron chi connectivity index (χ0n) is 15.9. The number of hydrogen-bond donors (Lipinski definition) is 0. The van der Waals surface area contributed by atoms with Crippen LogP contribution in [0.3, 0.4) is 0 Å². The molecule has 0 amide bonds. The van der Waals surface area contributed by atoms with Crippen molar-refractivity contribution < 1.29 is 9.15 Å². The molecule has 1 aromatic carbocycles. The minimum Gasteiger partial charge on any atom is -0.460 e. The van der Waals surface area contributed by atoms with Crippen LogP contribution in [0.5, 0.6) is 5.75 Å². The molecule has 2 aromatic rings. The van der Waals surface area contributed by atoms with E-state index >= 15 is 0 Å². The Morgan fingerprint density at radius 1 is 1.36 bits per heavy atom. The average molecular weight is 339 g/mol. The van der Waals surface area contributed by atoms with Gasteiger partial charge in [-0.2, -0.15) is 0 Å². The molecule has 1 heterocycles. The van der Waals surface area contributed by atoms with Gasteiger partial charge in [-0.15, -0.1) is 11.8 Å². The molecule has 1 aromatic heterocycles. The Hall–Kier alpha value is -2.21. The Bertz CT molecular complexity index is 764. The zero-order chi connectivity index (χ0) is 18.4. The maximum atomic E-state index is 9.17. The van der Waals surface area contributed by atoms with Gasteiger partial charge in [0, 0.05) is 16.5 Å². The van der Waals surface area contributed by atoms with Crippen molar-refractivity contribution in [3.8, 4) is 12.0 Å². The molecule has 0 spiro atoms. The second-order valence-corrected chi connectivity index (χ2v) is 7.22. The molecule has 2 rings (SSSR count). The number of allylic oxidation sites excluding steroid dienone is 1. The topological polar surface area (TPSA) is 46.2 Å². The van der Waals surface area contributed by atoms with Crippen LogP contribution in [-0.2, 0) is 12.8 Å². The van der Waals surface area contributed by atoms with Crippen LogP contribution >= 0.6 is 0 Å².